The lowest BCUT2D eigenvalue weighted by atomic mass is 9.81. The maximum Gasteiger partial charge on any atom is 0.297 e. The van der Waals surface area contributed by atoms with Crippen molar-refractivity contribution in [1.82, 2.24) is 0 Å². The molecule has 0 aliphatic heterocycles. The van der Waals surface area contributed by atoms with Crippen LogP contribution in [0, 0.1) is 6.92 Å². The highest BCUT2D eigenvalue weighted by Gasteiger charge is 2.32. The fourth-order valence-electron chi connectivity index (χ4n) is 3.60. The van der Waals surface area contributed by atoms with Gasteiger partial charge in [0.25, 0.3) is 10.1 Å². The predicted octanol–water partition coefficient (Wildman–Crippen LogP) is 4.44. The third-order valence-electron chi connectivity index (χ3n) is 5.10. The molecule has 0 heterocycles. The minimum atomic E-state index is -3.80. The molecule has 1 aliphatic carbocycles. The summed E-state index contributed by atoms with van der Waals surface area (Å²) in [6.07, 6.45) is 3.21. The minimum absolute atomic E-state index is 0.00113. The molecule has 0 bridgehead atoms. The van der Waals surface area contributed by atoms with Gasteiger partial charge in [0.2, 0.25) is 0 Å². The zero-order valence-electron chi connectivity index (χ0n) is 16.0. The normalized spacial score (nSPS) is 20.3. The Morgan fingerprint density at radius 2 is 1.56 bits per heavy atom. The van der Waals surface area contributed by atoms with Crippen LogP contribution in [0.5, 0.6) is 11.5 Å². The highest BCUT2D eigenvalue weighted by atomic mass is 32.2. The van der Waals surface area contributed by atoms with Crippen molar-refractivity contribution in [2.24, 2.45) is 0 Å². The zero-order chi connectivity index (χ0) is 19.4. The molecule has 2 atom stereocenters. The van der Waals surface area contributed by atoms with Crippen LogP contribution in [-0.2, 0) is 14.3 Å². The quantitative estimate of drug-likeness (QED) is 0.682. The summed E-state index contributed by atoms with van der Waals surface area (Å²) < 4.78 is 41.9. The van der Waals surface area contributed by atoms with E-state index in [0.29, 0.717) is 17.9 Å². The number of methoxy groups -OCH3 is 2. The zero-order valence-corrected chi connectivity index (χ0v) is 16.8. The van der Waals surface area contributed by atoms with Crippen molar-refractivity contribution in [3.05, 3.63) is 53.6 Å². The Balaban J connectivity index is 1.86. The van der Waals surface area contributed by atoms with Gasteiger partial charge in [0.15, 0.2) is 11.5 Å². The van der Waals surface area contributed by atoms with Crippen LogP contribution in [0.25, 0.3) is 0 Å². The Labute approximate surface area is 161 Å². The second-order valence-electron chi connectivity index (χ2n) is 6.91. The smallest absolute Gasteiger partial charge is 0.297 e. The number of ether oxygens (including phenoxy) is 2. The molecule has 27 heavy (non-hydrogen) atoms. The third kappa shape index (κ3) is 4.45. The summed E-state index contributed by atoms with van der Waals surface area (Å²) in [5.41, 5.74) is 2.02. The number of hydrogen-bond acceptors (Lipinski definition) is 5. The van der Waals surface area contributed by atoms with E-state index >= 15 is 0 Å². The van der Waals surface area contributed by atoms with Crippen LogP contribution < -0.4 is 9.47 Å². The summed E-state index contributed by atoms with van der Waals surface area (Å²) in [6, 6.07) is 12.5. The molecule has 5 nitrogen and oxygen atoms in total. The van der Waals surface area contributed by atoms with Crippen molar-refractivity contribution < 1.29 is 22.1 Å². The van der Waals surface area contributed by atoms with Gasteiger partial charge in [-0.25, -0.2) is 0 Å². The van der Waals surface area contributed by atoms with Crippen LogP contribution in [0.15, 0.2) is 47.4 Å². The molecule has 2 aromatic carbocycles. The predicted molar refractivity (Wildman–Crippen MR) is 104 cm³/mol. The van der Waals surface area contributed by atoms with Crippen LogP contribution >= 0.6 is 0 Å². The van der Waals surface area contributed by atoms with Gasteiger partial charge in [0.1, 0.15) is 0 Å². The van der Waals surface area contributed by atoms with Gasteiger partial charge in [-0.05, 0) is 49.6 Å². The average molecular weight is 391 g/mol. The van der Waals surface area contributed by atoms with Gasteiger partial charge in [0, 0.05) is 5.92 Å². The topological polar surface area (TPSA) is 61.8 Å². The molecule has 1 saturated carbocycles. The van der Waals surface area contributed by atoms with E-state index in [0.717, 1.165) is 30.4 Å². The van der Waals surface area contributed by atoms with E-state index in [-0.39, 0.29) is 16.9 Å². The van der Waals surface area contributed by atoms with E-state index in [4.69, 9.17) is 13.7 Å². The maximum absolute atomic E-state index is 12.7. The molecule has 0 amide bonds. The van der Waals surface area contributed by atoms with Gasteiger partial charge >= 0.3 is 0 Å². The molecule has 1 fully saturated rings. The van der Waals surface area contributed by atoms with Gasteiger partial charge in [-0.2, -0.15) is 8.42 Å². The first-order valence-electron chi connectivity index (χ1n) is 9.16. The van der Waals surface area contributed by atoms with Gasteiger partial charge in [-0.15, -0.1) is 0 Å². The fourth-order valence-corrected chi connectivity index (χ4v) is 4.74. The lowest BCUT2D eigenvalue weighted by molar-refractivity contribution is 0.137. The first-order valence-corrected chi connectivity index (χ1v) is 10.6. The van der Waals surface area contributed by atoms with E-state index in [1.807, 2.05) is 25.1 Å². The molecule has 146 valence electrons. The van der Waals surface area contributed by atoms with Gasteiger partial charge in [-0.3, -0.25) is 4.18 Å². The van der Waals surface area contributed by atoms with E-state index in [1.165, 1.54) is 0 Å². The second-order valence-corrected chi connectivity index (χ2v) is 8.48. The Bertz CT molecular complexity index is 874. The first-order chi connectivity index (χ1) is 12.9. The van der Waals surface area contributed by atoms with Crippen molar-refractivity contribution in [3.63, 3.8) is 0 Å². The van der Waals surface area contributed by atoms with E-state index in [2.05, 4.69) is 0 Å². The molecule has 6 heteroatoms. The molecule has 0 N–H and O–H groups in total. The van der Waals surface area contributed by atoms with E-state index in [9.17, 15) is 8.42 Å². The Morgan fingerprint density at radius 3 is 2.22 bits per heavy atom. The Hall–Kier alpha value is -2.05. The summed E-state index contributed by atoms with van der Waals surface area (Å²) in [7, 11) is -0.611. The van der Waals surface area contributed by atoms with Crippen LogP contribution in [-0.4, -0.2) is 28.7 Å². The van der Waals surface area contributed by atoms with Crippen molar-refractivity contribution in [2.45, 2.75) is 49.5 Å². The number of rotatable bonds is 6. The van der Waals surface area contributed by atoms with E-state index < -0.39 is 10.1 Å². The van der Waals surface area contributed by atoms with Crippen LogP contribution in [0.1, 0.15) is 42.7 Å². The van der Waals surface area contributed by atoms with Crippen LogP contribution in [0.2, 0.25) is 0 Å². The monoisotopic (exact) mass is 390 g/mol. The molecule has 0 unspecified atom stereocenters. The van der Waals surface area contributed by atoms with Crippen LogP contribution in [0.3, 0.4) is 0 Å². The van der Waals surface area contributed by atoms with Crippen molar-refractivity contribution >= 4 is 10.1 Å². The van der Waals surface area contributed by atoms with Gasteiger partial charge < -0.3 is 9.47 Å². The lowest BCUT2D eigenvalue weighted by Crippen LogP contribution is -2.28. The molecule has 0 aromatic heterocycles. The average Bonchev–Trinajstić information content (AvgIpc) is 2.68. The van der Waals surface area contributed by atoms with Crippen LogP contribution in [0.4, 0.5) is 0 Å². The van der Waals surface area contributed by atoms with Crippen molar-refractivity contribution in [2.75, 3.05) is 14.2 Å². The van der Waals surface area contributed by atoms with Crippen molar-refractivity contribution in [1.29, 1.82) is 0 Å². The Morgan fingerprint density at radius 1 is 0.889 bits per heavy atom. The molecule has 0 saturated heterocycles. The van der Waals surface area contributed by atoms with E-state index in [1.54, 1.807) is 38.5 Å². The fraction of sp³-hybridized carbons (Fsp3) is 0.429. The molecule has 3 rings (SSSR count). The third-order valence-corrected chi connectivity index (χ3v) is 6.45. The summed E-state index contributed by atoms with van der Waals surface area (Å²) in [5, 5.41) is 0. The first kappa shape index (κ1) is 19.7. The number of benzene rings is 2. The van der Waals surface area contributed by atoms with Gasteiger partial charge in [0.05, 0.1) is 25.2 Å². The van der Waals surface area contributed by atoms with Crippen molar-refractivity contribution in [3.8, 4) is 11.5 Å². The maximum atomic E-state index is 12.7. The molecule has 0 radical (unpaired) electrons. The lowest BCUT2D eigenvalue weighted by Gasteiger charge is -2.31. The Kier molecular flexibility index (Phi) is 6.07. The second kappa shape index (κ2) is 8.31. The molecule has 1 aliphatic rings. The number of aryl methyl sites for hydroxylation is 1. The summed E-state index contributed by atoms with van der Waals surface area (Å²) in [5.74, 6) is 1.29. The standard InChI is InChI=1S/C21H26O5S/c1-15-8-11-17(12-9-15)27(22,23)26-19-7-5-4-6-18(19)16-10-13-20(24-2)21(14-16)25-3/h8-14,18-19H,4-7H2,1-3H3/t18-,19+/m0/s1. The molecule has 0 spiro atoms. The molecular weight excluding hydrogens is 364 g/mol. The SMILES string of the molecule is COc1ccc([C@@H]2CCCC[C@H]2OS(=O)(=O)c2ccc(C)cc2)cc1OC. The summed E-state index contributed by atoms with van der Waals surface area (Å²) in [4.78, 5) is 0.199. The largest absolute Gasteiger partial charge is 0.493 e. The highest BCUT2D eigenvalue weighted by molar-refractivity contribution is 7.86. The summed E-state index contributed by atoms with van der Waals surface area (Å²) >= 11 is 0. The minimum Gasteiger partial charge on any atom is -0.493 e. The molecular formula is C21H26O5S. The molecule has 2 aromatic rings. The highest BCUT2D eigenvalue weighted by Crippen LogP contribution is 2.39. The summed E-state index contributed by atoms with van der Waals surface area (Å²) in [6.45, 7) is 1.92. The number of hydrogen-bond donors (Lipinski definition) is 0. The van der Waals surface area contributed by atoms with Gasteiger partial charge in [-0.1, -0.05) is 36.6 Å².